The number of sulfonamides is 1. The maximum atomic E-state index is 13.0. The second-order valence-electron chi connectivity index (χ2n) is 6.29. The van der Waals surface area contributed by atoms with Crippen LogP contribution in [0.3, 0.4) is 0 Å². The maximum Gasteiger partial charge on any atom is 0.246 e. The number of rotatable bonds is 7. The minimum absolute atomic E-state index is 0.0703. The summed E-state index contributed by atoms with van der Waals surface area (Å²) in [7, 11) is -2.24. The fourth-order valence-corrected chi connectivity index (χ4v) is 4.69. The summed E-state index contributed by atoms with van der Waals surface area (Å²) in [6.07, 6.45) is 5.86. The standard InChI is InChI=1S/C17H23N5O4S/c1-26-15-6-5-14(20-17(23)7-10-21-13-18-12-19-21)11-16(15)27(24,25)22-8-3-2-4-9-22/h5-6,11-13H,2-4,7-10H2,1H3,(H,20,23). The molecule has 146 valence electrons. The van der Waals surface area contributed by atoms with Gasteiger partial charge in [-0.3, -0.25) is 9.48 Å². The summed E-state index contributed by atoms with van der Waals surface area (Å²) in [5, 5.41) is 6.67. The Morgan fingerprint density at radius 1 is 1.26 bits per heavy atom. The first-order chi connectivity index (χ1) is 13.0. The zero-order valence-electron chi connectivity index (χ0n) is 15.2. The molecule has 3 rings (SSSR count). The molecule has 1 N–H and O–H groups in total. The molecule has 1 saturated heterocycles. The van der Waals surface area contributed by atoms with E-state index in [1.165, 1.54) is 30.1 Å². The smallest absolute Gasteiger partial charge is 0.246 e. The molecule has 0 saturated carbocycles. The SMILES string of the molecule is COc1ccc(NC(=O)CCn2cncn2)cc1S(=O)(=O)N1CCCCC1. The minimum atomic E-state index is -3.68. The fraction of sp³-hybridized carbons (Fsp3) is 0.471. The number of piperidine rings is 1. The van der Waals surface area contributed by atoms with Crippen molar-refractivity contribution in [2.75, 3.05) is 25.5 Å². The van der Waals surface area contributed by atoms with Gasteiger partial charge in [0, 0.05) is 25.2 Å². The third-order valence-electron chi connectivity index (χ3n) is 4.41. The Hall–Kier alpha value is -2.46. The highest BCUT2D eigenvalue weighted by molar-refractivity contribution is 7.89. The number of nitrogens with one attached hydrogen (secondary N) is 1. The van der Waals surface area contributed by atoms with Crippen LogP contribution in [0, 0.1) is 0 Å². The summed E-state index contributed by atoms with van der Waals surface area (Å²) in [5.41, 5.74) is 0.412. The molecule has 0 bridgehead atoms. The molecular weight excluding hydrogens is 370 g/mol. The quantitative estimate of drug-likeness (QED) is 0.764. The highest BCUT2D eigenvalue weighted by Crippen LogP contribution is 2.31. The number of hydrogen-bond donors (Lipinski definition) is 1. The molecule has 1 aliphatic heterocycles. The fourth-order valence-electron chi connectivity index (χ4n) is 2.99. The van der Waals surface area contributed by atoms with Crippen molar-refractivity contribution < 1.29 is 17.9 Å². The molecular formula is C17H23N5O4S. The van der Waals surface area contributed by atoms with Crippen molar-refractivity contribution in [3.63, 3.8) is 0 Å². The van der Waals surface area contributed by atoms with Crippen LogP contribution in [-0.2, 0) is 21.4 Å². The van der Waals surface area contributed by atoms with Gasteiger partial charge in [0.15, 0.2) is 0 Å². The molecule has 27 heavy (non-hydrogen) atoms. The maximum absolute atomic E-state index is 13.0. The van der Waals surface area contributed by atoms with Crippen molar-refractivity contribution in [3.05, 3.63) is 30.9 Å². The van der Waals surface area contributed by atoms with Crippen LogP contribution >= 0.6 is 0 Å². The van der Waals surface area contributed by atoms with E-state index >= 15 is 0 Å². The predicted molar refractivity (Wildman–Crippen MR) is 98.9 cm³/mol. The number of aromatic nitrogens is 3. The van der Waals surface area contributed by atoms with Gasteiger partial charge in [-0.15, -0.1) is 0 Å². The van der Waals surface area contributed by atoms with Gasteiger partial charge in [-0.25, -0.2) is 13.4 Å². The van der Waals surface area contributed by atoms with Gasteiger partial charge in [-0.05, 0) is 31.0 Å². The Labute approximate surface area is 158 Å². The van der Waals surface area contributed by atoms with E-state index in [0.29, 0.717) is 25.3 Å². The first kappa shape index (κ1) is 19.3. The average molecular weight is 393 g/mol. The first-order valence-corrected chi connectivity index (χ1v) is 10.2. The number of nitrogens with zero attached hydrogens (tertiary/aromatic N) is 4. The molecule has 2 aromatic rings. The lowest BCUT2D eigenvalue weighted by Gasteiger charge is -2.26. The van der Waals surface area contributed by atoms with E-state index in [1.807, 2.05) is 0 Å². The number of methoxy groups -OCH3 is 1. The van der Waals surface area contributed by atoms with Crippen molar-refractivity contribution >= 4 is 21.6 Å². The van der Waals surface area contributed by atoms with Gasteiger partial charge in [0.25, 0.3) is 0 Å². The number of anilines is 1. The molecule has 1 fully saturated rings. The molecule has 0 spiro atoms. The van der Waals surface area contributed by atoms with E-state index in [1.54, 1.807) is 16.8 Å². The van der Waals surface area contributed by atoms with E-state index in [4.69, 9.17) is 4.74 Å². The van der Waals surface area contributed by atoms with Gasteiger partial charge in [0.05, 0.1) is 13.7 Å². The zero-order valence-corrected chi connectivity index (χ0v) is 16.0. The normalized spacial score (nSPS) is 15.4. The molecule has 0 radical (unpaired) electrons. The number of carbonyl (C=O) groups excluding carboxylic acids is 1. The molecule has 0 aliphatic carbocycles. The van der Waals surface area contributed by atoms with Gasteiger partial charge < -0.3 is 10.1 Å². The Morgan fingerprint density at radius 2 is 2.04 bits per heavy atom. The van der Waals surface area contributed by atoms with E-state index < -0.39 is 10.0 Å². The molecule has 1 amide bonds. The Morgan fingerprint density at radius 3 is 2.70 bits per heavy atom. The average Bonchev–Trinajstić information content (AvgIpc) is 3.21. The minimum Gasteiger partial charge on any atom is -0.495 e. The van der Waals surface area contributed by atoms with Gasteiger partial charge in [0.1, 0.15) is 23.3 Å². The zero-order chi connectivity index (χ0) is 19.3. The Balaban J connectivity index is 1.75. The Kier molecular flexibility index (Phi) is 6.07. The topological polar surface area (TPSA) is 106 Å². The molecule has 10 heteroatoms. The summed E-state index contributed by atoms with van der Waals surface area (Å²) < 4.78 is 34.3. The molecule has 1 aromatic heterocycles. The van der Waals surface area contributed by atoms with E-state index in [9.17, 15) is 13.2 Å². The van der Waals surface area contributed by atoms with Crippen molar-refractivity contribution in [1.29, 1.82) is 0 Å². The number of carbonyl (C=O) groups is 1. The second-order valence-corrected chi connectivity index (χ2v) is 8.19. The largest absolute Gasteiger partial charge is 0.495 e. The lowest BCUT2D eigenvalue weighted by Crippen LogP contribution is -2.35. The number of aryl methyl sites for hydroxylation is 1. The Bertz CT molecular complexity index is 877. The van der Waals surface area contributed by atoms with Gasteiger partial charge in [-0.1, -0.05) is 6.42 Å². The summed E-state index contributed by atoms with van der Waals surface area (Å²) in [6, 6.07) is 4.64. The van der Waals surface area contributed by atoms with Crippen LogP contribution in [0.4, 0.5) is 5.69 Å². The highest BCUT2D eigenvalue weighted by Gasteiger charge is 2.29. The van der Waals surface area contributed by atoms with E-state index in [0.717, 1.165) is 19.3 Å². The molecule has 9 nitrogen and oxygen atoms in total. The third kappa shape index (κ3) is 4.64. The van der Waals surface area contributed by atoms with Crippen molar-refractivity contribution in [1.82, 2.24) is 19.1 Å². The van der Waals surface area contributed by atoms with Gasteiger partial charge >= 0.3 is 0 Å². The van der Waals surface area contributed by atoms with Crippen LogP contribution in [0.5, 0.6) is 5.75 Å². The van der Waals surface area contributed by atoms with Crippen molar-refractivity contribution in [2.24, 2.45) is 0 Å². The monoisotopic (exact) mass is 393 g/mol. The molecule has 2 heterocycles. The molecule has 1 aromatic carbocycles. The van der Waals surface area contributed by atoms with Crippen LogP contribution in [0.15, 0.2) is 35.7 Å². The van der Waals surface area contributed by atoms with Crippen molar-refractivity contribution in [3.8, 4) is 5.75 Å². The van der Waals surface area contributed by atoms with Crippen molar-refractivity contribution in [2.45, 2.75) is 37.1 Å². The number of benzene rings is 1. The van der Waals surface area contributed by atoms with Gasteiger partial charge in [0.2, 0.25) is 15.9 Å². The van der Waals surface area contributed by atoms with Crippen LogP contribution in [-0.4, -0.2) is 53.6 Å². The molecule has 1 aliphatic rings. The first-order valence-electron chi connectivity index (χ1n) is 8.81. The second kappa shape index (κ2) is 8.49. The number of ether oxygens (including phenoxy) is 1. The highest BCUT2D eigenvalue weighted by atomic mass is 32.2. The van der Waals surface area contributed by atoms with Gasteiger partial charge in [-0.2, -0.15) is 9.40 Å². The number of amides is 1. The summed E-state index contributed by atoms with van der Waals surface area (Å²) in [4.78, 5) is 16.1. The number of hydrogen-bond acceptors (Lipinski definition) is 6. The third-order valence-corrected chi connectivity index (χ3v) is 6.33. The van der Waals surface area contributed by atoms with Crippen LogP contribution in [0.2, 0.25) is 0 Å². The molecule has 0 atom stereocenters. The lowest BCUT2D eigenvalue weighted by atomic mass is 10.2. The van der Waals surface area contributed by atoms with Crippen LogP contribution in [0.25, 0.3) is 0 Å². The molecule has 0 unspecified atom stereocenters. The van der Waals surface area contributed by atoms with Crippen LogP contribution in [0.1, 0.15) is 25.7 Å². The summed E-state index contributed by atoms with van der Waals surface area (Å²) in [6.45, 7) is 1.39. The van der Waals surface area contributed by atoms with Crippen LogP contribution < -0.4 is 10.1 Å². The van der Waals surface area contributed by atoms with E-state index in [-0.39, 0.29) is 23.0 Å². The summed E-state index contributed by atoms with van der Waals surface area (Å²) in [5.74, 6) is 0.0261. The summed E-state index contributed by atoms with van der Waals surface area (Å²) >= 11 is 0. The van der Waals surface area contributed by atoms with E-state index in [2.05, 4.69) is 15.4 Å². The lowest BCUT2D eigenvalue weighted by molar-refractivity contribution is -0.116. The predicted octanol–water partition coefficient (Wildman–Crippen LogP) is 1.49.